The van der Waals surface area contributed by atoms with Crippen LogP contribution in [-0.4, -0.2) is 30.7 Å². The summed E-state index contributed by atoms with van der Waals surface area (Å²) in [5.74, 6) is 1.03. The second-order valence-corrected chi connectivity index (χ2v) is 5.27. The van der Waals surface area contributed by atoms with Crippen molar-refractivity contribution in [2.24, 2.45) is 11.8 Å². The molecule has 0 aromatic carbocycles. The van der Waals surface area contributed by atoms with E-state index in [0.717, 1.165) is 25.9 Å². The van der Waals surface area contributed by atoms with Gasteiger partial charge in [0.2, 0.25) is 0 Å². The SMILES string of the molecule is C=C1C2CCCC1CN(C(=O)OCCCC)C2. The summed E-state index contributed by atoms with van der Waals surface area (Å²) in [5.41, 5.74) is 1.37. The molecule has 2 unspecified atom stereocenters. The van der Waals surface area contributed by atoms with Crippen LogP contribution in [0.5, 0.6) is 0 Å². The molecule has 1 aliphatic heterocycles. The van der Waals surface area contributed by atoms with E-state index in [2.05, 4.69) is 13.5 Å². The number of ether oxygens (including phenoxy) is 1. The molecule has 0 spiro atoms. The number of likely N-dealkylation sites (tertiary alicyclic amines) is 1. The Labute approximate surface area is 104 Å². The zero-order chi connectivity index (χ0) is 12.3. The van der Waals surface area contributed by atoms with Crippen LogP contribution in [-0.2, 0) is 4.74 Å². The molecule has 1 amide bonds. The first-order valence-corrected chi connectivity index (χ1v) is 6.82. The molecule has 0 aromatic rings. The summed E-state index contributed by atoms with van der Waals surface area (Å²) in [4.78, 5) is 13.8. The quantitative estimate of drug-likeness (QED) is 0.557. The number of nitrogens with zero attached hydrogens (tertiary/aromatic N) is 1. The van der Waals surface area contributed by atoms with Crippen LogP contribution in [0.1, 0.15) is 39.0 Å². The first-order chi connectivity index (χ1) is 8.22. The Hall–Kier alpha value is -0.990. The summed E-state index contributed by atoms with van der Waals surface area (Å²) in [6.07, 6.45) is 5.56. The molecule has 0 aromatic heterocycles. The van der Waals surface area contributed by atoms with Crippen molar-refractivity contribution in [1.29, 1.82) is 0 Å². The minimum atomic E-state index is -0.122. The van der Waals surface area contributed by atoms with Crippen molar-refractivity contribution in [2.45, 2.75) is 39.0 Å². The maximum atomic E-state index is 11.9. The van der Waals surface area contributed by atoms with Gasteiger partial charge in [-0.2, -0.15) is 0 Å². The lowest BCUT2D eigenvalue weighted by Gasteiger charge is -2.42. The monoisotopic (exact) mass is 237 g/mol. The second-order valence-electron chi connectivity index (χ2n) is 5.27. The molecule has 1 aliphatic carbocycles. The number of piperidine rings is 1. The summed E-state index contributed by atoms with van der Waals surface area (Å²) in [7, 11) is 0. The van der Waals surface area contributed by atoms with E-state index >= 15 is 0 Å². The van der Waals surface area contributed by atoms with Gasteiger partial charge < -0.3 is 9.64 Å². The lowest BCUT2D eigenvalue weighted by atomic mass is 9.74. The third-order valence-corrected chi connectivity index (χ3v) is 4.02. The molecule has 2 fully saturated rings. The molecule has 1 saturated carbocycles. The van der Waals surface area contributed by atoms with E-state index < -0.39 is 0 Å². The Kier molecular flexibility index (Phi) is 4.08. The van der Waals surface area contributed by atoms with Gasteiger partial charge in [-0.05, 0) is 31.1 Å². The first kappa shape index (κ1) is 12.5. The van der Waals surface area contributed by atoms with Gasteiger partial charge in [0.15, 0.2) is 0 Å². The number of unbranched alkanes of at least 4 members (excludes halogenated alkanes) is 1. The Morgan fingerprint density at radius 3 is 2.65 bits per heavy atom. The minimum absolute atomic E-state index is 0.122. The predicted molar refractivity (Wildman–Crippen MR) is 67.8 cm³/mol. The fourth-order valence-corrected chi connectivity index (χ4v) is 2.88. The number of fused-ring (bicyclic) bond motifs is 2. The van der Waals surface area contributed by atoms with Crippen LogP contribution in [0.4, 0.5) is 4.79 Å². The first-order valence-electron chi connectivity index (χ1n) is 6.82. The summed E-state index contributed by atoms with van der Waals surface area (Å²) in [6, 6.07) is 0. The Morgan fingerprint density at radius 1 is 1.41 bits per heavy atom. The summed E-state index contributed by atoms with van der Waals surface area (Å²) >= 11 is 0. The van der Waals surface area contributed by atoms with Gasteiger partial charge in [0.1, 0.15) is 0 Å². The number of amides is 1. The number of hydrogen-bond donors (Lipinski definition) is 0. The van der Waals surface area contributed by atoms with E-state index in [0.29, 0.717) is 18.4 Å². The number of carbonyl (C=O) groups is 1. The molecule has 2 atom stereocenters. The lowest BCUT2D eigenvalue weighted by Crippen LogP contribution is -2.47. The molecule has 0 radical (unpaired) electrons. The van der Waals surface area contributed by atoms with E-state index in [1.165, 1.54) is 24.8 Å². The van der Waals surface area contributed by atoms with Crippen LogP contribution < -0.4 is 0 Å². The molecule has 0 N–H and O–H groups in total. The van der Waals surface area contributed by atoms with Gasteiger partial charge in [-0.15, -0.1) is 0 Å². The molecule has 2 bridgehead atoms. The lowest BCUT2D eigenvalue weighted by molar-refractivity contribution is 0.0741. The van der Waals surface area contributed by atoms with E-state index in [1.54, 1.807) is 0 Å². The molecule has 3 nitrogen and oxygen atoms in total. The van der Waals surface area contributed by atoms with E-state index in [1.807, 2.05) is 4.90 Å². The number of rotatable bonds is 3. The maximum absolute atomic E-state index is 11.9. The fourth-order valence-electron chi connectivity index (χ4n) is 2.88. The standard InChI is InChI=1S/C14H23NO2/c1-3-4-8-17-14(16)15-9-12-6-5-7-13(10-15)11(12)2/h12-13H,2-10H2,1H3. The largest absolute Gasteiger partial charge is 0.449 e. The molecular weight excluding hydrogens is 214 g/mol. The van der Waals surface area contributed by atoms with E-state index in [4.69, 9.17) is 4.74 Å². The highest BCUT2D eigenvalue weighted by atomic mass is 16.6. The summed E-state index contributed by atoms with van der Waals surface area (Å²) < 4.78 is 5.28. The Bertz CT molecular complexity index is 285. The number of hydrogen-bond acceptors (Lipinski definition) is 2. The Balaban J connectivity index is 1.86. The summed E-state index contributed by atoms with van der Waals surface area (Å²) in [5, 5.41) is 0. The molecule has 2 aliphatic rings. The van der Waals surface area contributed by atoms with Crippen molar-refractivity contribution in [2.75, 3.05) is 19.7 Å². The fraction of sp³-hybridized carbons (Fsp3) is 0.786. The third-order valence-electron chi connectivity index (χ3n) is 4.02. The third kappa shape index (κ3) is 2.82. The van der Waals surface area contributed by atoms with Crippen LogP contribution in [0.25, 0.3) is 0 Å². The molecule has 3 heteroatoms. The normalized spacial score (nSPS) is 28.1. The molecule has 17 heavy (non-hydrogen) atoms. The van der Waals surface area contributed by atoms with Gasteiger partial charge in [-0.25, -0.2) is 4.79 Å². The van der Waals surface area contributed by atoms with E-state index in [9.17, 15) is 4.79 Å². The van der Waals surface area contributed by atoms with Crippen molar-refractivity contribution < 1.29 is 9.53 Å². The maximum Gasteiger partial charge on any atom is 0.409 e. The zero-order valence-electron chi connectivity index (χ0n) is 10.8. The van der Waals surface area contributed by atoms with Crippen molar-refractivity contribution in [3.63, 3.8) is 0 Å². The highest BCUT2D eigenvalue weighted by Crippen LogP contribution is 2.38. The smallest absolute Gasteiger partial charge is 0.409 e. The van der Waals surface area contributed by atoms with Crippen molar-refractivity contribution in [3.8, 4) is 0 Å². The van der Waals surface area contributed by atoms with Gasteiger partial charge in [-0.3, -0.25) is 0 Å². The molecule has 1 saturated heterocycles. The highest BCUT2D eigenvalue weighted by Gasteiger charge is 2.35. The van der Waals surface area contributed by atoms with Gasteiger partial charge in [0.25, 0.3) is 0 Å². The van der Waals surface area contributed by atoms with E-state index in [-0.39, 0.29) is 6.09 Å². The van der Waals surface area contributed by atoms with Crippen LogP contribution in [0.15, 0.2) is 12.2 Å². The van der Waals surface area contributed by atoms with Gasteiger partial charge >= 0.3 is 6.09 Å². The predicted octanol–water partition coefficient (Wildman–Crippen LogP) is 3.21. The van der Waals surface area contributed by atoms with Crippen molar-refractivity contribution in [3.05, 3.63) is 12.2 Å². The molecular formula is C14H23NO2. The van der Waals surface area contributed by atoms with Crippen LogP contribution >= 0.6 is 0 Å². The van der Waals surface area contributed by atoms with Crippen LogP contribution in [0.3, 0.4) is 0 Å². The average molecular weight is 237 g/mol. The minimum Gasteiger partial charge on any atom is -0.449 e. The molecule has 1 heterocycles. The molecule has 2 rings (SSSR count). The van der Waals surface area contributed by atoms with Gasteiger partial charge in [0.05, 0.1) is 6.61 Å². The van der Waals surface area contributed by atoms with Gasteiger partial charge in [-0.1, -0.05) is 31.9 Å². The second kappa shape index (κ2) is 5.56. The molecule has 96 valence electrons. The van der Waals surface area contributed by atoms with Gasteiger partial charge in [0, 0.05) is 13.1 Å². The van der Waals surface area contributed by atoms with Crippen LogP contribution in [0, 0.1) is 11.8 Å². The zero-order valence-corrected chi connectivity index (χ0v) is 10.8. The van der Waals surface area contributed by atoms with Crippen molar-refractivity contribution >= 4 is 6.09 Å². The van der Waals surface area contributed by atoms with Crippen LogP contribution in [0.2, 0.25) is 0 Å². The highest BCUT2D eigenvalue weighted by molar-refractivity contribution is 5.68. The Morgan fingerprint density at radius 2 is 2.06 bits per heavy atom. The number of carbonyl (C=O) groups excluding carboxylic acids is 1. The van der Waals surface area contributed by atoms with Crippen molar-refractivity contribution in [1.82, 2.24) is 4.90 Å². The topological polar surface area (TPSA) is 29.5 Å². The average Bonchev–Trinajstić information content (AvgIpc) is 2.28. The summed E-state index contributed by atoms with van der Waals surface area (Å²) in [6.45, 7) is 8.49.